The maximum absolute atomic E-state index is 14.8. The predicted molar refractivity (Wildman–Crippen MR) is 86.1 cm³/mol. The number of carbonyl (C=O) groups is 1. The molecule has 0 N–H and O–H groups in total. The number of nitriles is 2. The molecule has 0 bridgehead atoms. The van der Waals surface area contributed by atoms with Crippen molar-refractivity contribution in [3.8, 4) is 23.4 Å². The summed E-state index contributed by atoms with van der Waals surface area (Å²) in [5.41, 5.74) is -1.43. The van der Waals surface area contributed by atoms with E-state index in [1.165, 1.54) is 36.4 Å². The summed E-state index contributed by atoms with van der Waals surface area (Å²) in [6.45, 7) is 0. The van der Waals surface area contributed by atoms with Gasteiger partial charge in [0.25, 0.3) is 0 Å². The normalized spacial score (nSPS) is 10.5. The van der Waals surface area contributed by atoms with Gasteiger partial charge < -0.3 is 0 Å². The monoisotopic (exact) mass is 351 g/mol. The summed E-state index contributed by atoms with van der Waals surface area (Å²) < 4.78 is 43.0. The van der Waals surface area contributed by atoms with Crippen molar-refractivity contribution in [2.75, 3.05) is 0 Å². The lowest BCUT2D eigenvalue weighted by Gasteiger charge is -2.09. The second-order valence-corrected chi connectivity index (χ2v) is 5.35. The van der Waals surface area contributed by atoms with Gasteiger partial charge >= 0.3 is 0 Å². The number of halogens is 3. The Bertz CT molecular complexity index is 1120. The average Bonchev–Trinajstić information content (AvgIpc) is 2.63. The number of nitrogens with zero attached hydrogens (tertiary/aromatic N) is 3. The van der Waals surface area contributed by atoms with Crippen LogP contribution in [-0.4, -0.2) is 10.8 Å². The van der Waals surface area contributed by atoms with E-state index in [0.717, 1.165) is 18.2 Å². The van der Waals surface area contributed by atoms with Crippen molar-refractivity contribution < 1.29 is 18.0 Å². The molecule has 0 aliphatic rings. The zero-order valence-electron chi connectivity index (χ0n) is 13.0. The largest absolute Gasteiger partial charge is 0.291 e. The van der Waals surface area contributed by atoms with Crippen LogP contribution in [0.1, 0.15) is 10.4 Å². The number of Topliss-reactive ketones (excluding diaryl/α,β-unsaturated/α-hetero) is 1. The van der Waals surface area contributed by atoms with E-state index in [-0.39, 0.29) is 16.5 Å². The fraction of sp³-hybridized carbons (Fsp3) is 0.0526. The molecule has 3 rings (SSSR count). The SMILES string of the molecule is N#CC(C#N)C(=O)c1ccc2cc(F)c(-c3ccccc3F)nc2c1F. The lowest BCUT2D eigenvalue weighted by molar-refractivity contribution is 0.0967. The minimum absolute atomic E-state index is 0.0575. The van der Waals surface area contributed by atoms with Crippen molar-refractivity contribution in [1.82, 2.24) is 4.98 Å². The molecule has 1 aromatic heterocycles. The van der Waals surface area contributed by atoms with Gasteiger partial charge in [0.05, 0.1) is 17.7 Å². The topological polar surface area (TPSA) is 77.5 Å². The maximum Gasteiger partial charge on any atom is 0.197 e. The molecule has 0 amide bonds. The lowest BCUT2D eigenvalue weighted by atomic mass is 9.98. The molecule has 0 fully saturated rings. The second kappa shape index (κ2) is 6.66. The number of hydrogen-bond acceptors (Lipinski definition) is 4. The molecule has 0 unspecified atom stereocenters. The van der Waals surface area contributed by atoms with Gasteiger partial charge in [-0.1, -0.05) is 18.2 Å². The molecule has 1 heterocycles. The fourth-order valence-electron chi connectivity index (χ4n) is 2.51. The molecule has 2 aromatic carbocycles. The van der Waals surface area contributed by atoms with E-state index < -0.39 is 40.4 Å². The zero-order chi connectivity index (χ0) is 18.8. The van der Waals surface area contributed by atoms with Gasteiger partial charge in [-0.25, -0.2) is 18.2 Å². The van der Waals surface area contributed by atoms with Gasteiger partial charge in [-0.2, -0.15) is 10.5 Å². The second-order valence-electron chi connectivity index (χ2n) is 5.35. The fourth-order valence-corrected chi connectivity index (χ4v) is 2.51. The Hall–Kier alpha value is -3.71. The number of hydrogen-bond donors (Lipinski definition) is 0. The highest BCUT2D eigenvalue weighted by Crippen LogP contribution is 2.29. The van der Waals surface area contributed by atoms with Crippen LogP contribution in [0.5, 0.6) is 0 Å². The molecule has 0 atom stereocenters. The van der Waals surface area contributed by atoms with E-state index in [0.29, 0.717) is 0 Å². The minimum atomic E-state index is -1.67. The Morgan fingerprint density at radius 2 is 1.69 bits per heavy atom. The first kappa shape index (κ1) is 17.1. The highest BCUT2D eigenvalue weighted by Gasteiger charge is 2.24. The van der Waals surface area contributed by atoms with Gasteiger partial charge in [0.1, 0.15) is 22.8 Å². The molecular formula is C19H8F3N3O. The van der Waals surface area contributed by atoms with Crippen LogP contribution < -0.4 is 0 Å². The van der Waals surface area contributed by atoms with Crippen LogP contribution in [0.2, 0.25) is 0 Å². The van der Waals surface area contributed by atoms with E-state index >= 15 is 0 Å². The van der Waals surface area contributed by atoms with Crippen molar-refractivity contribution in [3.63, 3.8) is 0 Å². The zero-order valence-corrected chi connectivity index (χ0v) is 13.0. The summed E-state index contributed by atoms with van der Waals surface area (Å²) in [5, 5.41) is 17.7. The maximum atomic E-state index is 14.8. The lowest BCUT2D eigenvalue weighted by Crippen LogP contribution is -2.13. The van der Waals surface area contributed by atoms with Crippen molar-refractivity contribution in [2.45, 2.75) is 0 Å². The summed E-state index contributed by atoms with van der Waals surface area (Å²) in [4.78, 5) is 16.0. The summed E-state index contributed by atoms with van der Waals surface area (Å²) in [7, 11) is 0. The molecule has 0 radical (unpaired) electrons. The van der Waals surface area contributed by atoms with Gasteiger partial charge in [0, 0.05) is 10.9 Å². The number of benzene rings is 2. The highest BCUT2D eigenvalue weighted by atomic mass is 19.1. The van der Waals surface area contributed by atoms with Crippen LogP contribution in [0.25, 0.3) is 22.2 Å². The molecule has 0 spiro atoms. The van der Waals surface area contributed by atoms with Gasteiger partial charge in [-0.05, 0) is 24.3 Å². The van der Waals surface area contributed by atoms with E-state index in [1.54, 1.807) is 0 Å². The van der Waals surface area contributed by atoms with Crippen molar-refractivity contribution in [2.24, 2.45) is 5.92 Å². The molecule has 4 nitrogen and oxygen atoms in total. The standard InChI is InChI=1S/C19H8F3N3O/c20-14-4-2-1-3-12(14)18-15(21)7-10-5-6-13(16(22)17(10)25-18)19(26)11(8-23)9-24/h1-7,11H. The minimum Gasteiger partial charge on any atom is -0.291 e. The van der Waals surface area contributed by atoms with Crippen LogP contribution in [0, 0.1) is 46.0 Å². The number of ketones is 1. The smallest absolute Gasteiger partial charge is 0.197 e. The van der Waals surface area contributed by atoms with Crippen LogP contribution >= 0.6 is 0 Å². The van der Waals surface area contributed by atoms with Crippen LogP contribution in [0.4, 0.5) is 13.2 Å². The van der Waals surface area contributed by atoms with Crippen molar-refractivity contribution in [1.29, 1.82) is 10.5 Å². The number of carbonyl (C=O) groups excluding carboxylic acids is 1. The van der Waals surface area contributed by atoms with Gasteiger partial charge in [0.15, 0.2) is 17.5 Å². The average molecular weight is 351 g/mol. The van der Waals surface area contributed by atoms with E-state index in [1.807, 2.05) is 0 Å². The molecule has 3 aromatic rings. The Balaban J connectivity index is 2.25. The third-order valence-electron chi connectivity index (χ3n) is 3.79. The van der Waals surface area contributed by atoms with Crippen LogP contribution in [0.3, 0.4) is 0 Å². The molecule has 0 saturated heterocycles. The summed E-state index contributed by atoms with van der Waals surface area (Å²) in [6, 6.07) is 11.5. The van der Waals surface area contributed by atoms with Crippen molar-refractivity contribution in [3.05, 3.63) is 65.5 Å². The number of pyridine rings is 1. The first-order chi connectivity index (χ1) is 12.5. The summed E-state index contributed by atoms with van der Waals surface area (Å²) in [5.74, 6) is -5.38. The predicted octanol–water partition coefficient (Wildman–Crippen LogP) is 4.17. The molecule has 0 aliphatic heterocycles. The number of aromatic nitrogens is 1. The molecule has 7 heteroatoms. The third-order valence-corrected chi connectivity index (χ3v) is 3.79. The van der Waals surface area contributed by atoms with E-state index in [2.05, 4.69) is 4.98 Å². The molecule has 126 valence electrons. The van der Waals surface area contributed by atoms with E-state index in [4.69, 9.17) is 10.5 Å². The summed E-state index contributed by atoms with van der Waals surface area (Å²) in [6.07, 6.45) is 0. The molecule has 0 aliphatic carbocycles. The van der Waals surface area contributed by atoms with Crippen molar-refractivity contribution >= 4 is 16.7 Å². The highest BCUT2D eigenvalue weighted by molar-refractivity contribution is 6.03. The Morgan fingerprint density at radius 1 is 1.00 bits per heavy atom. The number of rotatable bonds is 3. The number of fused-ring (bicyclic) bond motifs is 1. The Kier molecular flexibility index (Phi) is 4.38. The molecular weight excluding hydrogens is 343 g/mol. The Morgan fingerprint density at radius 3 is 2.35 bits per heavy atom. The first-order valence-corrected chi connectivity index (χ1v) is 7.35. The van der Waals surface area contributed by atoms with Crippen LogP contribution in [-0.2, 0) is 0 Å². The quantitative estimate of drug-likeness (QED) is 0.664. The summed E-state index contributed by atoms with van der Waals surface area (Å²) >= 11 is 0. The Labute approximate surface area is 145 Å². The van der Waals surface area contributed by atoms with Crippen LogP contribution in [0.15, 0.2) is 42.5 Å². The molecule has 0 saturated carbocycles. The van der Waals surface area contributed by atoms with Gasteiger partial charge in [0.2, 0.25) is 0 Å². The first-order valence-electron chi connectivity index (χ1n) is 7.35. The van der Waals surface area contributed by atoms with Gasteiger partial charge in [-0.3, -0.25) is 4.79 Å². The van der Waals surface area contributed by atoms with E-state index in [9.17, 15) is 18.0 Å². The third kappa shape index (κ3) is 2.76. The van der Waals surface area contributed by atoms with Gasteiger partial charge in [-0.15, -0.1) is 0 Å². The molecule has 26 heavy (non-hydrogen) atoms.